The predicted molar refractivity (Wildman–Crippen MR) is 102 cm³/mol. The number of hydrogen-bond donors (Lipinski definition) is 0. The monoisotopic (exact) mass is 364 g/mol. The molecule has 1 aliphatic rings. The van der Waals surface area contributed by atoms with Gasteiger partial charge in [0.15, 0.2) is 6.61 Å². The van der Waals surface area contributed by atoms with E-state index in [1.165, 1.54) is 12.8 Å². The van der Waals surface area contributed by atoms with E-state index in [0.29, 0.717) is 23.8 Å². The molecule has 2 aromatic rings. The second-order valence-corrected chi connectivity index (χ2v) is 6.87. The Balaban J connectivity index is 1.65. The summed E-state index contributed by atoms with van der Waals surface area (Å²) in [4.78, 5) is 14.8. The fourth-order valence-corrected chi connectivity index (χ4v) is 3.07. The largest absolute Gasteiger partial charge is 0.497 e. The molecule has 1 unspecified atom stereocenters. The van der Waals surface area contributed by atoms with Crippen molar-refractivity contribution >= 4 is 5.91 Å². The van der Waals surface area contributed by atoms with Crippen LogP contribution in [0.5, 0.6) is 11.5 Å². The Kier molecular flexibility index (Phi) is 5.97. The van der Waals surface area contributed by atoms with Gasteiger partial charge < -0.3 is 14.4 Å². The molecule has 0 heterocycles. The van der Waals surface area contributed by atoms with Crippen molar-refractivity contribution in [2.24, 2.45) is 5.92 Å². The smallest absolute Gasteiger partial charge is 0.261 e. The van der Waals surface area contributed by atoms with Crippen LogP contribution in [0.3, 0.4) is 0 Å². The van der Waals surface area contributed by atoms with Crippen LogP contribution in [-0.2, 0) is 11.3 Å². The van der Waals surface area contributed by atoms with Crippen LogP contribution in [0.25, 0.3) is 0 Å². The summed E-state index contributed by atoms with van der Waals surface area (Å²) < 4.78 is 10.9. The normalized spacial score (nSPS) is 14.1. The molecule has 1 amide bonds. The van der Waals surface area contributed by atoms with Gasteiger partial charge in [0.05, 0.1) is 18.7 Å². The molecular weight excluding hydrogens is 340 g/mol. The van der Waals surface area contributed by atoms with Crippen LogP contribution in [0.2, 0.25) is 0 Å². The fraction of sp³-hybridized carbons (Fsp3) is 0.364. The van der Waals surface area contributed by atoms with Gasteiger partial charge >= 0.3 is 0 Å². The van der Waals surface area contributed by atoms with E-state index in [0.717, 1.165) is 11.3 Å². The van der Waals surface area contributed by atoms with E-state index in [2.05, 4.69) is 13.0 Å². The van der Waals surface area contributed by atoms with Gasteiger partial charge in [-0.05, 0) is 67.6 Å². The number of hydrogen-bond acceptors (Lipinski definition) is 4. The van der Waals surface area contributed by atoms with E-state index in [9.17, 15) is 4.79 Å². The Bertz CT molecular complexity index is 805. The van der Waals surface area contributed by atoms with Gasteiger partial charge in [0, 0.05) is 12.6 Å². The summed E-state index contributed by atoms with van der Waals surface area (Å²) >= 11 is 0. The van der Waals surface area contributed by atoms with E-state index < -0.39 is 0 Å². The van der Waals surface area contributed by atoms with E-state index in [1.807, 2.05) is 29.2 Å². The molecule has 0 aliphatic heterocycles. The highest BCUT2D eigenvalue weighted by Crippen LogP contribution is 2.35. The molecule has 3 rings (SSSR count). The number of rotatable bonds is 8. The van der Waals surface area contributed by atoms with Crippen LogP contribution in [0.15, 0.2) is 48.5 Å². The van der Waals surface area contributed by atoms with Crippen LogP contribution in [-0.4, -0.2) is 30.6 Å². The minimum Gasteiger partial charge on any atom is -0.497 e. The van der Waals surface area contributed by atoms with E-state index in [4.69, 9.17) is 14.7 Å². The summed E-state index contributed by atoms with van der Waals surface area (Å²) in [5.74, 6) is 1.93. The first-order valence-electron chi connectivity index (χ1n) is 9.16. The molecule has 0 aromatic heterocycles. The van der Waals surface area contributed by atoms with Crippen molar-refractivity contribution in [1.82, 2.24) is 4.90 Å². The lowest BCUT2D eigenvalue weighted by Gasteiger charge is -2.29. The molecule has 0 bridgehead atoms. The SMILES string of the molecule is COc1ccc(CN(C(=O)COc2ccc(C#N)cc2)C(C)C2CC2)cc1. The lowest BCUT2D eigenvalue weighted by molar-refractivity contribution is -0.136. The maximum atomic E-state index is 12.9. The third-order valence-electron chi connectivity index (χ3n) is 4.97. The van der Waals surface area contributed by atoms with Crippen molar-refractivity contribution in [1.29, 1.82) is 5.26 Å². The van der Waals surface area contributed by atoms with Crippen LogP contribution < -0.4 is 9.47 Å². The Morgan fingerprint density at radius 2 is 1.78 bits per heavy atom. The van der Waals surface area contributed by atoms with Gasteiger partial charge in [-0.15, -0.1) is 0 Å². The predicted octanol–water partition coefficient (Wildman–Crippen LogP) is 3.77. The number of ether oxygens (including phenoxy) is 2. The second-order valence-electron chi connectivity index (χ2n) is 6.87. The minimum atomic E-state index is -0.0328. The van der Waals surface area contributed by atoms with E-state index >= 15 is 0 Å². The lowest BCUT2D eigenvalue weighted by atomic mass is 10.1. The zero-order valence-electron chi connectivity index (χ0n) is 15.7. The first kappa shape index (κ1) is 18.8. The molecule has 1 aliphatic carbocycles. The molecule has 0 spiro atoms. The first-order valence-corrected chi connectivity index (χ1v) is 9.16. The molecule has 0 radical (unpaired) electrons. The Morgan fingerprint density at radius 1 is 1.15 bits per heavy atom. The molecule has 2 aromatic carbocycles. The van der Waals surface area contributed by atoms with Crippen LogP contribution in [0.4, 0.5) is 0 Å². The maximum absolute atomic E-state index is 12.9. The number of methoxy groups -OCH3 is 1. The zero-order chi connectivity index (χ0) is 19.2. The zero-order valence-corrected chi connectivity index (χ0v) is 15.7. The average Bonchev–Trinajstić information content (AvgIpc) is 3.56. The molecule has 1 saturated carbocycles. The highest BCUT2D eigenvalue weighted by molar-refractivity contribution is 5.78. The minimum absolute atomic E-state index is 0.0148. The van der Waals surface area contributed by atoms with Gasteiger partial charge in [0.25, 0.3) is 5.91 Å². The quantitative estimate of drug-likeness (QED) is 0.715. The summed E-state index contributed by atoms with van der Waals surface area (Å²) in [6, 6.07) is 16.8. The fourth-order valence-electron chi connectivity index (χ4n) is 3.07. The van der Waals surface area contributed by atoms with E-state index in [1.54, 1.807) is 31.4 Å². The molecule has 1 fully saturated rings. The molecule has 0 N–H and O–H groups in total. The number of carbonyl (C=O) groups is 1. The summed E-state index contributed by atoms with van der Waals surface area (Å²) in [5.41, 5.74) is 1.63. The van der Waals surface area contributed by atoms with Gasteiger partial charge in [-0.1, -0.05) is 12.1 Å². The van der Waals surface area contributed by atoms with Crippen molar-refractivity contribution in [3.8, 4) is 17.6 Å². The molecule has 0 saturated heterocycles. The second kappa shape index (κ2) is 8.59. The molecule has 1 atom stereocenters. The van der Waals surface area contributed by atoms with Gasteiger partial charge in [0.1, 0.15) is 11.5 Å². The molecular formula is C22H24N2O3. The third-order valence-corrected chi connectivity index (χ3v) is 4.97. The van der Waals surface area contributed by atoms with Crippen molar-refractivity contribution in [3.05, 3.63) is 59.7 Å². The number of nitriles is 1. The van der Waals surface area contributed by atoms with Crippen molar-refractivity contribution in [2.75, 3.05) is 13.7 Å². The highest BCUT2D eigenvalue weighted by atomic mass is 16.5. The maximum Gasteiger partial charge on any atom is 0.261 e. The Hall–Kier alpha value is -3.00. The van der Waals surface area contributed by atoms with Crippen LogP contribution >= 0.6 is 0 Å². The Labute approximate surface area is 160 Å². The molecule has 5 heteroatoms. The van der Waals surface area contributed by atoms with E-state index in [-0.39, 0.29) is 18.6 Å². The molecule has 27 heavy (non-hydrogen) atoms. The van der Waals surface area contributed by atoms with Gasteiger partial charge in [0.2, 0.25) is 0 Å². The number of amides is 1. The standard InChI is InChI=1S/C22H24N2O3/c1-16(19-7-8-19)24(14-18-5-9-20(26-2)10-6-18)22(25)15-27-21-11-3-17(13-23)4-12-21/h3-6,9-12,16,19H,7-8,14-15H2,1-2H3. The lowest BCUT2D eigenvalue weighted by Crippen LogP contribution is -2.42. The number of nitrogens with zero attached hydrogens (tertiary/aromatic N) is 2. The van der Waals surface area contributed by atoms with Gasteiger partial charge in [-0.3, -0.25) is 4.79 Å². The number of benzene rings is 2. The summed E-state index contributed by atoms with van der Waals surface area (Å²) in [6.45, 7) is 2.65. The average molecular weight is 364 g/mol. The van der Waals surface area contributed by atoms with Crippen molar-refractivity contribution < 1.29 is 14.3 Å². The van der Waals surface area contributed by atoms with Crippen molar-refractivity contribution in [3.63, 3.8) is 0 Å². The number of carbonyl (C=O) groups excluding carboxylic acids is 1. The van der Waals surface area contributed by atoms with Crippen LogP contribution in [0, 0.1) is 17.2 Å². The van der Waals surface area contributed by atoms with Gasteiger partial charge in [-0.2, -0.15) is 5.26 Å². The first-order chi connectivity index (χ1) is 13.1. The highest BCUT2D eigenvalue weighted by Gasteiger charge is 2.34. The van der Waals surface area contributed by atoms with Crippen molar-refractivity contribution in [2.45, 2.75) is 32.4 Å². The third kappa shape index (κ3) is 5.01. The summed E-state index contributed by atoms with van der Waals surface area (Å²) in [6.07, 6.45) is 2.34. The topological polar surface area (TPSA) is 62.6 Å². The molecule has 140 valence electrons. The Morgan fingerprint density at radius 3 is 2.33 bits per heavy atom. The van der Waals surface area contributed by atoms with Crippen LogP contribution in [0.1, 0.15) is 30.9 Å². The molecule has 5 nitrogen and oxygen atoms in total. The summed E-state index contributed by atoms with van der Waals surface area (Å²) in [5, 5.41) is 8.85. The summed E-state index contributed by atoms with van der Waals surface area (Å²) in [7, 11) is 1.64. The van der Waals surface area contributed by atoms with Gasteiger partial charge in [-0.25, -0.2) is 0 Å².